The SMILES string of the molecule is CCOC(=O)C(C)NC1CCC(C)(C)c2ccccc21. The van der Waals surface area contributed by atoms with Crippen LogP contribution in [0.3, 0.4) is 0 Å². The highest BCUT2D eigenvalue weighted by molar-refractivity contribution is 5.75. The minimum Gasteiger partial charge on any atom is -0.465 e. The van der Waals surface area contributed by atoms with Crippen LogP contribution in [0.15, 0.2) is 24.3 Å². The van der Waals surface area contributed by atoms with Crippen molar-refractivity contribution in [3.63, 3.8) is 0 Å². The molecule has 2 unspecified atom stereocenters. The van der Waals surface area contributed by atoms with Crippen molar-refractivity contribution in [3.05, 3.63) is 35.4 Å². The average Bonchev–Trinajstić information content (AvgIpc) is 2.42. The number of benzene rings is 1. The van der Waals surface area contributed by atoms with E-state index in [0.717, 1.165) is 12.8 Å². The summed E-state index contributed by atoms with van der Waals surface area (Å²) in [6.07, 6.45) is 2.17. The van der Waals surface area contributed by atoms with Gasteiger partial charge in [0, 0.05) is 6.04 Å². The highest BCUT2D eigenvalue weighted by Crippen LogP contribution is 2.41. The van der Waals surface area contributed by atoms with E-state index in [1.165, 1.54) is 11.1 Å². The fraction of sp³-hybridized carbons (Fsp3) is 0.588. The predicted octanol–water partition coefficient (Wildman–Crippen LogP) is 3.34. The lowest BCUT2D eigenvalue weighted by molar-refractivity contribution is -0.145. The lowest BCUT2D eigenvalue weighted by atomic mass is 9.71. The summed E-state index contributed by atoms with van der Waals surface area (Å²) in [7, 11) is 0. The molecule has 0 radical (unpaired) electrons. The van der Waals surface area contributed by atoms with Crippen LogP contribution in [0.1, 0.15) is 57.7 Å². The molecule has 0 amide bonds. The summed E-state index contributed by atoms with van der Waals surface area (Å²) in [6.45, 7) is 8.72. The molecular weight excluding hydrogens is 250 g/mol. The highest BCUT2D eigenvalue weighted by Gasteiger charge is 2.33. The normalized spacial score (nSPS) is 21.9. The second kappa shape index (κ2) is 5.96. The Morgan fingerprint density at radius 3 is 2.85 bits per heavy atom. The molecule has 1 aromatic carbocycles. The minimum atomic E-state index is -0.269. The van der Waals surface area contributed by atoms with Gasteiger partial charge in [0.1, 0.15) is 6.04 Å². The van der Waals surface area contributed by atoms with Gasteiger partial charge in [0.25, 0.3) is 0 Å². The third-order valence-electron chi connectivity index (χ3n) is 4.21. The first-order valence-electron chi connectivity index (χ1n) is 7.48. The van der Waals surface area contributed by atoms with Gasteiger partial charge in [0.2, 0.25) is 0 Å². The van der Waals surface area contributed by atoms with Gasteiger partial charge in [-0.1, -0.05) is 38.1 Å². The molecule has 0 heterocycles. The molecule has 0 aromatic heterocycles. The second-order valence-corrected chi connectivity index (χ2v) is 6.20. The molecule has 0 fully saturated rings. The van der Waals surface area contributed by atoms with Gasteiger partial charge in [-0.25, -0.2) is 0 Å². The Labute approximate surface area is 121 Å². The number of carbonyl (C=O) groups excluding carboxylic acids is 1. The maximum absolute atomic E-state index is 11.8. The zero-order valence-corrected chi connectivity index (χ0v) is 12.9. The molecule has 1 aromatic rings. The van der Waals surface area contributed by atoms with Crippen molar-refractivity contribution >= 4 is 5.97 Å². The summed E-state index contributed by atoms with van der Waals surface area (Å²) in [4.78, 5) is 11.8. The van der Waals surface area contributed by atoms with Crippen LogP contribution in [0, 0.1) is 0 Å². The monoisotopic (exact) mass is 275 g/mol. The summed E-state index contributed by atoms with van der Waals surface area (Å²) >= 11 is 0. The summed E-state index contributed by atoms with van der Waals surface area (Å²) in [5.41, 5.74) is 2.92. The molecule has 3 heteroatoms. The van der Waals surface area contributed by atoms with E-state index >= 15 is 0 Å². The Kier molecular flexibility index (Phi) is 4.48. The number of hydrogen-bond acceptors (Lipinski definition) is 3. The highest BCUT2D eigenvalue weighted by atomic mass is 16.5. The Bertz CT molecular complexity index is 482. The Morgan fingerprint density at radius 1 is 1.45 bits per heavy atom. The van der Waals surface area contributed by atoms with Gasteiger partial charge in [-0.15, -0.1) is 0 Å². The molecule has 0 saturated heterocycles. The maximum atomic E-state index is 11.8. The van der Waals surface area contributed by atoms with E-state index in [0.29, 0.717) is 6.61 Å². The molecule has 1 aliphatic carbocycles. The van der Waals surface area contributed by atoms with Crippen LogP contribution >= 0.6 is 0 Å². The molecule has 3 nitrogen and oxygen atoms in total. The second-order valence-electron chi connectivity index (χ2n) is 6.20. The van der Waals surface area contributed by atoms with Crippen molar-refractivity contribution in [2.24, 2.45) is 0 Å². The van der Waals surface area contributed by atoms with Gasteiger partial charge in [-0.2, -0.15) is 0 Å². The number of esters is 1. The summed E-state index contributed by atoms with van der Waals surface area (Å²) in [5, 5.41) is 3.42. The lowest BCUT2D eigenvalue weighted by Crippen LogP contribution is -2.41. The van der Waals surface area contributed by atoms with Gasteiger partial charge in [0.15, 0.2) is 0 Å². The smallest absolute Gasteiger partial charge is 0.322 e. The molecule has 0 saturated carbocycles. The zero-order valence-electron chi connectivity index (χ0n) is 12.9. The number of nitrogens with one attached hydrogen (secondary N) is 1. The lowest BCUT2D eigenvalue weighted by Gasteiger charge is -2.38. The molecule has 0 spiro atoms. The third kappa shape index (κ3) is 3.04. The summed E-state index contributed by atoms with van der Waals surface area (Å²) < 4.78 is 5.07. The van der Waals surface area contributed by atoms with Crippen LogP contribution in [0.25, 0.3) is 0 Å². The van der Waals surface area contributed by atoms with Crippen molar-refractivity contribution in [2.75, 3.05) is 6.61 Å². The van der Waals surface area contributed by atoms with Gasteiger partial charge in [-0.3, -0.25) is 10.1 Å². The first kappa shape index (κ1) is 15.0. The van der Waals surface area contributed by atoms with E-state index in [4.69, 9.17) is 4.74 Å². The molecule has 0 bridgehead atoms. The molecule has 1 N–H and O–H groups in total. The van der Waals surface area contributed by atoms with Crippen molar-refractivity contribution in [2.45, 2.75) is 58.0 Å². The fourth-order valence-corrected chi connectivity index (χ4v) is 3.02. The number of fused-ring (bicyclic) bond motifs is 1. The van der Waals surface area contributed by atoms with Crippen molar-refractivity contribution in [1.29, 1.82) is 0 Å². The van der Waals surface area contributed by atoms with Crippen molar-refractivity contribution in [1.82, 2.24) is 5.32 Å². The first-order valence-corrected chi connectivity index (χ1v) is 7.48. The summed E-state index contributed by atoms with van der Waals surface area (Å²) in [5.74, 6) is -0.171. The van der Waals surface area contributed by atoms with Crippen LogP contribution in [-0.4, -0.2) is 18.6 Å². The van der Waals surface area contributed by atoms with Crippen LogP contribution < -0.4 is 5.32 Å². The maximum Gasteiger partial charge on any atom is 0.322 e. The molecule has 20 heavy (non-hydrogen) atoms. The topological polar surface area (TPSA) is 38.3 Å². The number of carbonyl (C=O) groups is 1. The first-order chi connectivity index (χ1) is 9.45. The molecule has 0 aliphatic heterocycles. The third-order valence-corrected chi connectivity index (χ3v) is 4.21. The van der Waals surface area contributed by atoms with E-state index in [1.807, 2.05) is 13.8 Å². The van der Waals surface area contributed by atoms with Crippen LogP contribution in [0.5, 0.6) is 0 Å². The fourth-order valence-electron chi connectivity index (χ4n) is 3.02. The van der Waals surface area contributed by atoms with Crippen molar-refractivity contribution < 1.29 is 9.53 Å². The Hall–Kier alpha value is -1.35. The van der Waals surface area contributed by atoms with Gasteiger partial charge in [0.05, 0.1) is 6.61 Å². The summed E-state index contributed by atoms with van der Waals surface area (Å²) in [6, 6.07) is 8.51. The van der Waals surface area contributed by atoms with Crippen LogP contribution in [0.2, 0.25) is 0 Å². The van der Waals surface area contributed by atoms with Gasteiger partial charge < -0.3 is 4.74 Å². The molecule has 1 aliphatic rings. The molecule has 110 valence electrons. The van der Waals surface area contributed by atoms with Crippen LogP contribution in [-0.2, 0) is 14.9 Å². The predicted molar refractivity (Wildman–Crippen MR) is 80.7 cm³/mol. The largest absolute Gasteiger partial charge is 0.465 e. The van der Waals surface area contributed by atoms with E-state index in [1.54, 1.807) is 0 Å². The van der Waals surface area contributed by atoms with E-state index in [-0.39, 0.29) is 23.5 Å². The van der Waals surface area contributed by atoms with E-state index < -0.39 is 0 Å². The van der Waals surface area contributed by atoms with Crippen molar-refractivity contribution in [3.8, 4) is 0 Å². The minimum absolute atomic E-state index is 0.171. The van der Waals surface area contributed by atoms with E-state index in [9.17, 15) is 4.79 Å². The average molecular weight is 275 g/mol. The van der Waals surface area contributed by atoms with E-state index in [2.05, 4.69) is 43.4 Å². The Balaban J connectivity index is 2.17. The molecular formula is C17H25NO2. The molecule has 2 rings (SSSR count). The standard InChI is InChI=1S/C17H25NO2/c1-5-20-16(19)12(2)18-15-10-11-17(3,4)14-9-7-6-8-13(14)15/h6-9,12,15,18H,5,10-11H2,1-4H3. The zero-order chi connectivity index (χ0) is 14.8. The van der Waals surface area contributed by atoms with Gasteiger partial charge in [-0.05, 0) is 43.2 Å². The number of rotatable bonds is 4. The quantitative estimate of drug-likeness (QED) is 0.856. The molecule has 2 atom stereocenters. The van der Waals surface area contributed by atoms with Crippen LogP contribution in [0.4, 0.5) is 0 Å². The van der Waals surface area contributed by atoms with Gasteiger partial charge >= 0.3 is 5.97 Å². The Morgan fingerprint density at radius 2 is 2.15 bits per heavy atom. The number of ether oxygens (including phenoxy) is 1. The number of hydrogen-bond donors (Lipinski definition) is 1.